The first-order valence-corrected chi connectivity index (χ1v) is 11.7. The normalized spacial score (nSPS) is 12.6. The molecular formula is C28H21Br2NO. The number of H-pyrrole nitrogens is 1. The second kappa shape index (κ2) is 10.0. The average molecular weight is 547 g/mol. The Morgan fingerprint density at radius 1 is 0.812 bits per heavy atom. The highest BCUT2D eigenvalue weighted by molar-refractivity contribution is 9.10. The van der Waals surface area contributed by atoms with Gasteiger partial charge in [-0.25, -0.2) is 0 Å². The number of para-hydroxylation sites is 1. The van der Waals surface area contributed by atoms with Crippen molar-refractivity contribution in [3.8, 4) is 0 Å². The minimum absolute atomic E-state index is 0.195. The van der Waals surface area contributed by atoms with Crippen LogP contribution in [0.1, 0.15) is 16.7 Å². The number of nitrogens with one attached hydrogen (secondary N) is 1. The maximum Gasteiger partial charge on any atom is 0.123 e. The van der Waals surface area contributed by atoms with Crippen LogP contribution in [0.15, 0.2) is 118 Å². The molecule has 2 nitrogen and oxygen atoms in total. The lowest BCUT2D eigenvalue weighted by molar-refractivity contribution is 0.512. The first kappa shape index (κ1) is 22.1. The van der Waals surface area contributed by atoms with Crippen LogP contribution in [0.2, 0.25) is 0 Å². The van der Waals surface area contributed by atoms with Crippen molar-refractivity contribution in [3.63, 3.8) is 0 Å². The topological polar surface area (TPSA) is 36.0 Å². The van der Waals surface area contributed by atoms with Crippen molar-refractivity contribution >= 4 is 60.2 Å². The van der Waals surface area contributed by atoms with Crippen LogP contribution in [0.3, 0.4) is 0 Å². The van der Waals surface area contributed by atoms with Crippen molar-refractivity contribution in [1.82, 2.24) is 4.98 Å². The summed E-state index contributed by atoms with van der Waals surface area (Å²) in [5, 5.41) is 11.9. The predicted octanol–water partition coefficient (Wildman–Crippen LogP) is 8.94. The number of benzene rings is 3. The molecule has 0 spiro atoms. The van der Waals surface area contributed by atoms with Crippen molar-refractivity contribution < 1.29 is 5.11 Å². The molecule has 0 aliphatic carbocycles. The zero-order chi connectivity index (χ0) is 22.5. The number of fused-ring (bicyclic) bond motifs is 1. The number of hydrogen-bond donors (Lipinski definition) is 2. The summed E-state index contributed by atoms with van der Waals surface area (Å²) in [5.74, 6) is 0.195. The molecule has 0 unspecified atom stereocenters. The average Bonchev–Trinajstić information content (AvgIpc) is 3.21. The largest absolute Gasteiger partial charge is 0.507 e. The Bertz CT molecular complexity index is 1340. The standard InChI is InChI=1S/C28H21Br2NO/c1-19(6-7-22-18-31-27-5-3-2-4-26(22)27)16-23(20-8-12-24(29)13-9-20)17-28(32)21-10-14-25(30)15-11-21/h2-18,31-32H,1H2/b7-6+,23-16+,28-17-. The third kappa shape index (κ3) is 5.39. The third-order valence-electron chi connectivity index (χ3n) is 5.05. The summed E-state index contributed by atoms with van der Waals surface area (Å²) < 4.78 is 1.97. The van der Waals surface area contributed by atoms with Crippen LogP contribution in [-0.2, 0) is 0 Å². The molecule has 1 aromatic heterocycles. The number of aliphatic hydroxyl groups is 1. The number of aromatic nitrogens is 1. The van der Waals surface area contributed by atoms with Gasteiger partial charge in [-0.3, -0.25) is 0 Å². The summed E-state index contributed by atoms with van der Waals surface area (Å²) in [5.41, 5.74) is 5.63. The monoisotopic (exact) mass is 545 g/mol. The van der Waals surface area contributed by atoms with Gasteiger partial charge in [-0.15, -0.1) is 0 Å². The molecule has 0 saturated heterocycles. The predicted molar refractivity (Wildman–Crippen MR) is 143 cm³/mol. The summed E-state index contributed by atoms with van der Waals surface area (Å²) in [7, 11) is 0. The van der Waals surface area contributed by atoms with Crippen molar-refractivity contribution in [3.05, 3.63) is 135 Å². The van der Waals surface area contributed by atoms with Gasteiger partial charge >= 0.3 is 0 Å². The van der Waals surface area contributed by atoms with Gasteiger partial charge < -0.3 is 10.1 Å². The van der Waals surface area contributed by atoms with Gasteiger partial charge in [0.2, 0.25) is 0 Å². The van der Waals surface area contributed by atoms with Gasteiger partial charge in [-0.05, 0) is 64.8 Å². The van der Waals surface area contributed by atoms with E-state index in [9.17, 15) is 5.11 Å². The van der Waals surface area contributed by atoms with Gasteiger partial charge in [0, 0.05) is 31.6 Å². The molecule has 4 rings (SSSR count). The van der Waals surface area contributed by atoms with E-state index in [4.69, 9.17) is 0 Å². The van der Waals surface area contributed by atoms with E-state index in [-0.39, 0.29) is 5.76 Å². The van der Waals surface area contributed by atoms with Gasteiger partial charge in [0.05, 0.1) is 0 Å². The Balaban J connectivity index is 1.67. The molecule has 0 aliphatic heterocycles. The summed E-state index contributed by atoms with van der Waals surface area (Å²) in [6, 6.07) is 23.8. The molecule has 0 radical (unpaired) electrons. The first-order chi connectivity index (χ1) is 15.5. The second-order valence-electron chi connectivity index (χ2n) is 7.34. The summed E-state index contributed by atoms with van der Waals surface area (Å²) in [4.78, 5) is 3.29. The Hall–Kier alpha value is -3.08. The Morgan fingerprint density at radius 2 is 1.44 bits per heavy atom. The minimum atomic E-state index is 0.195. The first-order valence-electron chi connectivity index (χ1n) is 10.1. The maximum atomic E-state index is 10.8. The fourth-order valence-electron chi connectivity index (χ4n) is 3.38. The van der Waals surface area contributed by atoms with Crippen molar-refractivity contribution in [2.75, 3.05) is 0 Å². The van der Waals surface area contributed by atoms with E-state index in [1.165, 1.54) is 5.39 Å². The molecule has 158 valence electrons. The van der Waals surface area contributed by atoms with E-state index in [1.54, 1.807) is 6.08 Å². The molecule has 0 aliphatic rings. The molecule has 4 heteroatoms. The quantitative estimate of drug-likeness (QED) is 0.184. The number of halogens is 2. The van der Waals surface area contributed by atoms with Gasteiger partial charge in [-0.1, -0.05) is 93.1 Å². The van der Waals surface area contributed by atoms with Crippen LogP contribution < -0.4 is 0 Å². The molecule has 0 bridgehead atoms. The number of hydrogen-bond acceptors (Lipinski definition) is 1. The molecular weight excluding hydrogens is 526 g/mol. The molecule has 0 fully saturated rings. The van der Waals surface area contributed by atoms with Crippen molar-refractivity contribution in [2.45, 2.75) is 0 Å². The highest BCUT2D eigenvalue weighted by atomic mass is 79.9. The van der Waals surface area contributed by atoms with Gasteiger partial charge in [-0.2, -0.15) is 0 Å². The van der Waals surface area contributed by atoms with Crippen LogP contribution in [0, 0.1) is 0 Å². The number of aliphatic hydroxyl groups excluding tert-OH is 1. The Labute approximate surface area is 204 Å². The van der Waals surface area contributed by atoms with Crippen LogP contribution in [0.5, 0.6) is 0 Å². The smallest absolute Gasteiger partial charge is 0.123 e. The molecule has 4 aromatic rings. The zero-order valence-corrected chi connectivity index (χ0v) is 20.4. The highest BCUT2D eigenvalue weighted by Gasteiger charge is 2.05. The third-order valence-corrected chi connectivity index (χ3v) is 6.11. The highest BCUT2D eigenvalue weighted by Crippen LogP contribution is 2.26. The number of rotatable bonds is 6. The molecule has 0 saturated carbocycles. The van der Waals surface area contributed by atoms with E-state index in [0.717, 1.165) is 42.3 Å². The van der Waals surface area contributed by atoms with Crippen LogP contribution in [0.4, 0.5) is 0 Å². The van der Waals surface area contributed by atoms with E-state index >= 15 is 0 Å². The zero-order valence-electron chi connectivity index (χ0n) is 17.2. The number of allylic oxidation sites excluding steroid dienone is 5. The van der Waals surface area contributed by atoms with Crippen LogP contribution >= 0.6 is 31.9 Å². The lowest BCUT2D eigenvalue weighted by Crippen LogP contribution is -1.87. The van der Waals surface area contributed by atoms with Crippen molar-refractivity contribution in [2.24, 2.45) is 0 Å². The van der Waals surface area contributed by atoms with Gasteiger partial charge in [0.25, 0.3) is 0 Å². The second-order valence-corrected chi connectivity index (χ2v) is 9.17. The lowest BCUT2D eigenvalue weighted by Gasteiger charge is -2.07. The molecule has 1 heterocycles. The van der Waals surface area contributed by atoms with Crippen LogP contribution in [-0.4, -0.2) is 10.1 Å². The summed E-state index contributed by atoms with van der Waals surface area (Å²) in [6.45, 7) is 4.21. The Morgan fingerprint density at radius 3 is 2.12 bits per heavy atom. The van der Waals surface area contributed by atoms with E-state index in [1.807, 2.05) is 79.0 Å². The van der Waals surface area contributed by atoms with E-state index in [2.05, 4.69) is 61.6 Å². The fraction of sp³-hybridized carbons (Fsp3) is 0. The molecule has 0 atom stereocenters. The summed E-state index contributed by atoms with van der Waals surface area (Å²) >= 11 is 6.92. The Kier molecular flexibility index (Phi) is 6.93. The molecule has 0 amide bonds. The minimum Gasteiger partial charge on any atom is -0.507 e. The fourth-order valence-corrected chi connectivity index (χ4v) is 3.91. The van der Waals surface area contributed by atoms with Gasteiger partial charge in [0.15, 0.2) is 0 Å². The molecule has 3 aromatic carbocycles. The maximum absolute atomic E-state index is 10.8. The van der Waals surface area contributed by atoms with E-state index in [0.29, 0.717) is 0 Å². The number of aromatic amines is 1. The van der Waals surface area contributed by atoms with Gasteiger partial charge in [0.1, 0.15) is 5.76 Å². The SMILES string of the molecule is C=C(/C=C/c1c[nH]c2ccccc12)/C=C(\C=C(/O)c1ccc(Br)cc1)c1ccc(Br)cc1. The van der Waals surface area contributed by atoms with Crippen molar-refractivity contribution in [1.29, 1.82) is 0 Å². The lowest BCUT2D eigenvalue weighted by atomic mass is 10.0. The molecule has 32 heavy (non-hydrogen) atoms. The van der Waals surface area contributed by atoms with E-state index < -0.39 is 0 Å². The summed E-state index contributed by atoms with van der Waals surface area (Å²) in [6.07, 6.45) is 9.78. The molecule has 2 N–H and O–H groups in total. The van der Waals surface area contributed by atoms with Crippen LogP contribution in [0.25, 0.3) is 28.3 Å².